The van der Waals surface area contributed by atoms with Gasteiger partial charge in [0.25, 0.3) is 0 Å². The van der Waals surface area contributed by atoms with Crippen LogP contribution in [0.15, 0.2) is 115 Å². The van der Waals surface area contributed by atoms with Gasteiger partial charge in [-0.15, -0.1) is 0 Å². The topological polar surface area (TPSA) is 36.7 Å². The summed E-state index contributed by atoms with van der Waals surface area (Å²) >= 11 is 0. The van der Waals surface area contributed by atoms with Gasteiger partial charge in [-0.05, 0) is 108 Å². The molecule has 6 aromatic rings. The molecule has 0 amide bonds. The Morgan fingerprint density at radius 3 is 2.04 bits per heavy atom. The van der Waals surface area contributed by atoms with Crippen molar-refractivity contribution in [2.75, 3.05) is 18.6 Å². The molecule has 0 fully saturated rings. The SMILES string of the molecule is CC1=C(C)N(c2cccc(C3(c4cc(-c5cc(C(C)(C)C)ccn5)n5c(C)c(C)nc5c4)c4ccccc4-c4ccccc43)c2)CN1C. The number of pyridine rings is 2. The van der Waals surface area contributed by atoms with Crippen molar-refractivity contribution in [3.63, 3.8) is 0 Å². The van der Waals surface area contributed by atoms with Gasteiger partial charge in [0.05, 0.1) is 29.2 Å². The second kappa shape index (κ2) is 10.7. The maximum atomic E-state index is 5.16. The molecular formula is C43H43N5. The largest absolute Gasteiger partial charge is 0.359 e. The molecule has 2 aliphatic rings. The van der Waals surface area contributed by atoms with Crippen LogP contribution in [0.5, 0.6) is 0 Å². The van der Waals surface area contributed by atoms with Gasteiger partial charge in [0.15, 0.2) is 0 Å². The first-order valence-electron chi connectivity index (χ1n) is 16.9. The van der Waals surface area contributed by atoms with Crippen molar-refractivity contribution >= 4 is 11.3 Å². The molecule has 5 heteroatoms. The van der Waals surface area contributed by atoms with Crippen molar-refractivity contribution in [2.24, 2.45) is 0 Å². The quantitative estimate of drug-likeness (QED) is 0.194. The lowest BCUT2D eigenvalue weighted by Gasteiger charge is -2.35. The zero-order chi connectivity index (χ0) is 33.5. The minimum atomic E-state index is -0.576. The predicted molar refractivity (Wildman–Crippen MR) is 197 cm³/mol. The molecule has 4 heterocycles. The Morgan fingerprint density at radius 1 is 0.708 bits per heavy atom. The Kier molecular flexibility index (Phi) is 6.72. The van der Waals surface area contributed by atoms with Crippen molar-refractivity contribution in [3.05, 3.63) is 154 Å². The number of aryl methyl sites for hydroxylation is 2. The second-order valence-electron chi connectivity index (χ2n) is 14.6. The van der Waals surface area contributed by atoms with E-state index in [9.17, 15) is 0 Å². The van der Waals surface area contributed by atoms with Gasteiger partial charge in [-0.1, -0.05) is 81.4 Å². The molecule has 0 bridgehead atoms. The van der Waals surface area contributed by atoms with Crippen molar-refractivity contribution < 1.29 is 0 Å². The second-order valence-corrected chi connectivity index (χ2v) is 14.6. The molecule has 0 saturated heterocycles. The summed E-state index contributed by atoms with van der Waals surface area (Å²) in [7, 11) is 2.17. The van der Waals surface area contributed by atoms with E-state index in [2.05, 4.69) is 167 Å². The van der Waals surface area contributed by atoms with Crippen molar-refractivity contribution in [1.29, 1.82) is 0 Å². The molecule has 0 atom stereocenters. The van der Waals surface area contributed by atoms with E-state index in [-0.39, 0.29) is 5.41 Å². The third-order valence-corrected chi connectivity index (χ3v) is 10.9. The van der Waals surface area contributed by atoms with Crippen LogP contribution in [0.25, 0.3) is 28.2 Å². The van der Waals surface area contributed by atoms with E-state index in [1.807, 2.05) is 6.20 Å². The number of aromatic nitrogens is 3. The van der Waals surface area contributed by atoms with Crippen molar-refractivity contribution in [2.45, 2.75) is 59.3 Å². The first-order chi connectivity index (χ1) is 23.0. The molecule has 5 nitrogen and oxygen atoms in total. The molecule has 1 aliphatic carbocycles. The lowest BCUT2D eigenvalue weighted by Crippen LogP contribution is -2.30. The molecule has 240 valence electrons. The van der Waals surface area contributed by atoms with Gasteiger partial charge in [-0.25, -0.2) is 4.98 Å². The zero-order valence-electron chi connectivity index (χ0n) is 29.3. The third-order valence-electron chi connectivity index (χ3n) is 10.9. The fourth-order valence-electron chi connectivity index (χ4n) is 7.97. The zero-order valence-corrected chi connectivity index (χ0v) is 29.3. The molecule has 0 saturated carbocycles. The van der Waals surface area contributed by atoms with Crippen LogP contribution < -0.4 is 4.90 Å². The number of rotatable bonds is 4. The normalized spacial score (nSPS) is 15.4. The minimum absolute atomic E-state index is 0.00607. The van der Waals surface area contributed by atoms with Gasteiger partial charge >= 0.3 is 0 Å². The molecular weight excluding hydrogens is 587 g/mol. The van der Waals surface area contributed by atoms with E-state index in [1.54, 1.807) is 0 Å². The Bertz CT molecular complexity index is 2240. The van der Waals surface area contributed by atoms with Crippen LogP contribution in [0, 0.1) is 13.8 Å². The van der Waals surface area contributed by atoms with E-state index in [1.165, 1.54) is 56.0 Å². The standard InChI is InChI=1S/C43H43N5/c1-27-28(2)48-40(39-23-31(20-21-44-39)42(5,6)7)24-33(25-41(48)45-27)43(37-18-11-9-16-35(37)36-17-10-12-19-38(36)43)32-14-13-15-34(22-32)47-26-46(8)29(3)30(47)4/h9-25H,26H2,1-8H3. The van der Waals surface area contributed by atoms with Crippen molar-refractivity contribution in [3.8, 4) is 22.5 Å². The smallest absolute Gasteiger partial charge is 0.138 e. The molecule has 0 radical (unpaired) electrons. The number of benzene rings is 3. The van der Waals surface area contributed by atoms with Crippen LogP contribution >= 0.6 is 0 Å². The average Bonchev–Trinajstić information content (AvgIpc) is 3.66. The number of nitrogens with zero attached hydrogens (tertiary/aromatic N) is 5. The number of fused-ring (bicyclic) bond motifs is 4. The monoisotopic (exact) mass is 629 g/mol. The Labute approximate surface area is 284 Å². The summed E-state index contributed by atoms with van der Waals surface area (Å²) < 4.78 is 2.29. The summed E-state index contributed by atoms with van der Waals surface area (Å²) in [5.41, 5.74) is 17.1. The number of hydrogen-bond acceptors (Lipinski definition) is 4. The molecule has 8 rings (SSSR count). The molecule has 3 aromatic carbocycles. The predicted octanol–water partition coefficient (Wildman–Crippen LogP) is 9.63. The van der Waals surface area contributed by atoms with E-state index in [0.717, 1.165) is 35.1 Å². The maximum Gasteiger partial charge on any atom is 0.138 e. The highest BCUT2D eigenvalue weighted by atomic mass is 15.4. The van der Waals surface area contributed by atoms with Gasteiger partial charge in [-0.3, -0.25) is 9.38 Å². The van der Waals surface area contributed by atoms with E-state index in [0.29, 0.717) is 0 Å². The van der Waals surface area contributed by atoms with Crippen molar-refractivity contribution in [1.82, 2.24) is 19.3 Å². The maximum absolute atomic E-state index is 5.16. The lowest BCUT2D eigenvalue weighted by molar-refractivity contribution is 0.460. The highest BCUT2D eigenvalue weighted by Gasteiger charge is 2.47. The average molecular weight is 630 g/mol. The van der Waals surface area contributed by atoms with E-state index in [4.69, 9.17) is 9.97 Å². The highest BCUT2D eigenvalue weighted by molar-refractivity contribution is 5.87. The molecule has 1 aliphatic heterocycles. The Hall–Kier alpha value is -5.16. The minimum Gasteiger partial charge on any atom is -0.359 e. The summed E-state index contributed by atoms with van der Waals surface area (Å²) in [5, 5.41) is 0. The Morgan fingerprint density at radius 2 is 1.40 bits per heavy atom. The molecule has 0 spiro atoms. The molecule has 48 heavy (non-hydrogen) atoms. The summed E-state index contributed by atoms with van der Waals surface area (Å²) in [6.45, 7) is 16.3. The number of imidazole rings is 1. The van der Waals surface area contributed by atoms with Crippen LogP contribution in [-0.2, 0) is 10.8 Å². The molecule has 3 aromatic heterocycles. The van der Waals surface area contributed by atoms with Gasteiger partial charge in [0, 0.05) is 36.0 Å². The number of hydrogen-bond donors (Lipinski definition) is 0. The van der Waals surface area contributed by atoms with Crippen LogP contribution in [0.3, 0.4) is 0 Å². The number of anilines is 1. The van der Waals surface area contributed by atoms with Crippen LogP contribution in [0.4, 0.5) is 5.69 Å². The third kappa shape index (κ3) is 4.30. The first kappa shape index (κ1) is 30.2. The van der Waals surface area contributed by atoms with Crippen LogP contribution in [-0.4, -0.2) is 33.0 Å². The van der Waals surface area contributed by atoms with Gasteiger partial charge in [-0.2, -0.15) is 0 Å². The summed E-state index contributed by atoms with van der Waals surface area (Å²) in [6, 6.07) is 36.2. The van der Waals surface area contributed by atoms with Gasteiger partial charge in [0.1, 0.15) is 5.65 Å². The lowest BCUT2D eigenvalue weighted by atomic mass is 9.67. The Balaban J connectivity index is 1.48. The highest BCUT2D eigenvalue weighted by Crippen LogP contribution is 2.57. The fraction of sp³-hybridized carbons (Fsp3) is 0.256. The summed E-state index contributed by atoms with van der Waals surface area (Å²) in [6.07, 6.45) is 1.96. The number of allylic oxidation sites excluding steroid dienone is 2. The van der Waals surface area contributed by atoms with Gasteiger partial charge in [0.2, 0.25) is 0 Å². The molecule has 0 unspecified atom stereocenters. The summed E-state index contributed by atoms with van der Waals surface area (Å²) in [5.74, 6) is 0. The first-order valence-corrected chi connectivity index (χ1v) is 16.9. The fourth-order valence-corrected chi connectivity index (χ4v) is 7.97. The van der Waals surface area contributed by atoms with E-state index < -0.39 is 5.41 Å². The van der Waals surface area contributed by atoms with Crippen LogP contribution in [0.2, 0.25) is 0 Å². The van der Waals surface area contributed by atoms with E-state index >= 15 is 0 Å². The van der Waals surface area contributed by atoms with Gasteiger partial charge < -0.3 is 9.80 Å². The molecule has 0 N–H and O–H groups in total. The summed E-state index contributed by atoms with van der Waals surface area (Å²) in [4.78, 5) is 14.9. The van der Waals surface area contributed by atoms with Crippen LogP contribution in [0.1, 0.15) is 73.8 Å².